The van der Waals surface area contributed by atoms with E-state index in [1.54, 1.807) is 18.2 Å². The summed E-state index contributed by atoms with van der Waals surface area (Å²) < 4.78 is 5.78. The lowest BCUT2D eigenvalue weighted by Gasteiger charge is -2.17. The maximum absolute atomic E-state index is 12.3. The quantitative estimate of drug-likeness (QED) is 0.580. The van der Waals surface area contributed by atoms with E-state index in [2.05, 4.69) is 5.32 Å². The van der Waals surface area contributed by atoms with Gasteiger partial charge in [-0.25, -0.2) is 4.79 Å². The lowest BCUT2D eigenvalue weighted by atomic mass is 10.1. The van der Waals surface area contributed by atoms with Crippen molar-refractivity contribution in [3.05, 3.63) is 75.8 Å². The SMILES string of the molecule is O=C1Nc2ccccc2S/C1=C\c1ccc(-c2cc(C(=O)O)ccc2Cl)o1. The van der Waals surface area contributed by atoms with Gasteiger partial charge in [0.1, 0.15) is 11.5 Å². The maximum Gasteiger partial charge on any atom is 0.335 e. The van der Waals surface area contributed by atoms with Gasteiger partial charge in [-0.1, -0.05) is 35.5 Å². The molecule has 0 unspecified atom stereocenters. The molecule has 2 heterocycles. The standard InChI is InChI=1S/C20H12ClNO4S/c21-14-7-5-11(20(24)25)9-13(14)16-8-6-12(26-16)10-18-19(23)22-15-3-1-2-4-17(15)27-18/h1-10H,(H,22,23)(H,24,25)/b18-10-. The van der Waals surface area contributed by atoms with Crippen LogP contribution in [0.15, 0.2) is 68.8 Å². The summed E-state index contributed by atoms with van der Waals surface area (Å²) in [4.78, 5) is 24.9. The summed E-state index contributed by atoms with van der Waals surface area (Å²) in [6.07, 6.45) is 1.65. The molecule has 134 valence electrons. The van der Waals surface area contributed by atoms with Gasteiger partial charge in [0.15, 0.2) is 0 Å². The fourth-order valence-corrected chi connectivity index (χ4v) is 3.80. The monoisotopic (exact) mass is 397 g/mol. The van der Waals surface area contributed by atoms with Crippen molar-refractivity contribution in [2.45, 2.75) is 4.90 Å². The van der Waals surface area contributed by atoms with Crippen molar-refractivity contribution in [3.8, 4) is 11.3 Å². The third-order valence-corrected chi connectivity index (χ3v) is 5.39. The third kappa shape index (κ3) is 3.49. The number of carboxylic acids is 1. The van der Waals surface area contributed by atoms with Crippen LogP contribution in [0.3, 0.4) is 0 Å². The summed E-state index contributed by atoms with van der Waals surface area (Å²) in [5.41, 5.74) is 1.37. The summed E-state index contributed by atoms with van der Waals surface area (Å²) in [6, 6.07) is 15.4. The average molecular weight is 398 g/mol. The van der Waals surface area contributed by atoms with Crippen LogP contribution < -0.4 is 5.32 Å². The Morgan fingerprint density at radius 3 is 2.78 bits per heavy atom. The first-order valence-electron chi connectivity index (χ1n) is 7.94. The Kier molecular flexibility index (Phi) is 4.51. The number of nitrogens with one attached hydrogen (secondary N) is 1. The van der Waals surface area contributed by atoms with Gasteiger partial charge >= 0.3 is 5.97 Å². The van der Waals surface area contributed by atoms with E-state index in [9.17, 15) is 9.59 Å². The summed E-state index contributed by atoms with van der Waals surface area (Å²) in [7, 11) is 0. The number of furan rings is 1. The van der Waals surface area contributed by atoms with Gasteiger partial charge in [0.05, 0.1) is 21.2 Å². The van der Waals surface area contributed by atoms with Gasteiger partial charge in [0.2, 0.25) is 0 Å². The molecule has 0 bridgehead atoms. The van der Waals surface area contributed by atoms with Crippen molar-refractivity contribution in [2.75, 3.05) is 5.32 Å². The van der Waals surface area contributed by atoms with E-state index >= 15 is 0 Å². The highest BCUT2D eigenvalue weighted by Gasteiger charge is 2.21. The van der Waals surface area contributed by atoms with Crippen LogP contribution in [0.1, 0.15) is 16.1 Å². The first kappa shape index (κ1) is 17.5. The van der Waals surface area contributed by atoms with Crippen LogP contribution in [0.2, 0.25) is 5.02 Å². The number of para-hydroxylation sites is 1. The second-order valence-corrected chi connectivity index (χ2v) is 7.25. The maximum atomic E-state index is 12.3. The molecule has 2 N–H and O–H groups in total. The molecule has 0 saturated carbocycles. The van der Waals surface area contributed by atoms with Crippen LogP contribution in [0.25, 0.3) is 17.4 Å². The van der Waals surface area contributed by atoms with Crippen LogP contribution in [0.5, 0.6) is 0 Å². The predicted molar refractivity (Wildman–Crippen MR) is 105 cm³/mol. The molecule has 0 radical (unpaired) electrons. The number of aromatic carboxylic acids is 1. The fourth-order valence-electron chi connectivity index (χ4n) is 2.65. The van der Waals surface area contributed by atoms with Crippen molar-refractivity contribution in [2.24, 2.45) is 0 Å². The molecule has 7 heteroatoms. The van der Waals surface area contributed by atoms with Gasteiger partial charge in [-0.3, -0.25) is 4.79 Å². The molecule has 1 aromatic heterocycles. The Labute approximate surface area is 163 Å². The number of fused-ring (bicyclic) bond motifs is 1. The number of halogens is 1. The number of thioether (sulfide) groups is 1. The molecule has 5 nitrogen and oxygen atoms in total. The zero-order valence-electron chi connectivity index (χ0n) is 13.7. The van der Waals surface area contributed by atoms with Gasteiger partial charge in [-0.2, -0.15) is 0 Å². The summed E-state index contributed by atoms with van der Waals surface area (Å²) in [6.45, 7) is 0. The normalized spacial score (nSPS) is 14.7. The fraction of sp³-hybridized carbons (Fsp3) is 0. The molecule has 0 spiro atoms. The molecule has 0 fully saturated rings. The van der Waals surface area contributed by atoms with E-state index in [0.29, 0.717) is 27.0 Å². The van der Waals surface area contributed by atoms with Crippen LogP contribution in [-0.2, 0) is 4.79 Å². The molecule has 3 aromatic rings. The highest BCUT2D eigenvalue weighted by atomic mass is 35.5. The molecule has 1 aliphatic heterocycles. The average Bonchev–Trinajstić information content (AvgIpc) is 3.11. The van der Waals surface area contributed by atoms with E-state index < -0.39 is 5.97 Å². The van der Waals surface area contributed by atoms with Gasteiger partial charge < -0.3 is 14.8 Å². The highest BCUT2D eigenvalue weighted by Crippen LogP contribution is 2.39. The number of carboxylic acid groups (broad SMARTS) is 1. The van der Waals surface area contributed by atoms with Crippen molar-refractivity contribution < 1.29 is 19.1 Å². The smallest absolute Gasteiger partial charge is 0.335 e. The molecule has 27 heavy (non-hydrogen) atoms. The van der Waals surface area contributed by atoms with E-state index in [-0.39, 0.29) is 11.5 Å². The Morgan fingerprint density at radius 2 is 1.96 bits per heavy atom. The lowest BCUT2D eigenvalue weighted by molar-refractivity contribution is -0.112. The number of carbonyl (C=O) groups excluding carboxylic acids is 1. The Hall–Kier alpha value is -2.96. The highest BCUT2D eigenvalue weighted by molar-refractivity contribution is 8.04. The van der Waals surface area contributed by atoms with Crippen molar-refractivity contribution in [1.29, 1.82) is 0 Å². The summed E-state index contributed by atoms with van der Waals surface area (Å²) >= 11 is 7.54. The minimum atomic E-state index is -1.05. The van der Waals surface area contributed by atoms with Gasteiger partial charge in [0, 0.05) is 16.5 Å². The van der Waals surface area contributed by atoms with Gasteiger partial charge in [0.25, 0.3) is 5.91 Å². The van der Waals surface area contributed by atoms with Crippen LogP contribution in [-0.4, -0.2) is 17.0 Å². The van der Waals surface area contributed by atoms with E-state index in [1.165, 1.54) is 30.0 Å². The summed E-state index contributed by atoms with van der Waals surface area (Å²) in [5, 5.41) is 12.4. The van der Waals surface area contributed by atoms with Gasteiger partial charge in [-0.15, -0.1) is 0 Å². The molecular weight excluding hydrogens is 386 g/mol. The zero-order valence-corrected chi connectivity index (χ0v) is 15.3. The number of hydrogen-bond acceptors (Lipinski definition) is 4. The number of benzene rings is 2. The molecule has 0 atom stereocenters. The first-order chi connectivity index (χ1) is 13.0. The molecular formula is C20H12ClNO4S. The largest absolute Gasteiger partial charge is 0.478 e. The Morgan fingerprint density at radius 1 is 1.15 bits per heavy atom. The number of carbonyl (C=O) groups is 2. The zero-order chi connectivity index (χ0) is 19.0. The van der Waals surface area contributed by atoms with E-state index in [4.69, 9.17) is 21.1 Å². The molecule has 0 aliphatic carbocycles. The minimum absolute atomic E-state index is 0.115. The predicted octanol–water partition coefficient (Wildman–Crippen LogP) is 5.38. The molecule has 0 saturated heterocycles. The van der Waals surface area contributed by atoms with E-state index in [0.717, 1.165) is 10.6 Å². The number of hydrogen-bond donors (Lipinski definition) is 2. The topological polar surface area (TPSA) is 79.5 Å². The first-order valence-corrected chi connectivity index (χ1v) is 9.14. The third-order valence-electron chi connectivity index (χ3n) is 3.96. The van der Waals surface area contributed by atoms with Crippen LogP contribution >= 0.6 is 23.4 Å². The lowest BCUT2D eigenvalue weighted by Crippen LogP contribution is -2.16. The van der Waals surface area contributed by atoms with E-state index in [1.807, 2.05) is 24.3 Å². The minimum Gasteiger partial charge on any atom is -0.478 e. The molecule has 1 aliphatic rings. The number of anilines is 1. The number of rotatable bonds is 3. The second-order valence-electron chi connectivity index (χ2n) is 5.76. The van der Waals surface area contributed by atoms with Crippen molar-refractivity contribution >= 4 is 47.0 Å². The number of amides is 1. The molecule has 4 rings (SSSR count). The van der Waals surface area contributed by atoms with Crippen LogP contribution in [0, 0.1) is 0 Å². The molecule has 1 amide bonds. The molecule has 2 aromatic carbocycles. The van der Waals surface area contributed by atoms with Crippen LogP contribution in [0.4, 0.5) is 5.69 Å². The Bertz CT molecular complexity index is 1100. The Balaban J connectivity index is 1.66. The second kappa shape index (κ2) is 6.98. The van der Waals surface area contributed by atoms with Gasteiger partial charge in [-0.05, 0) is 42.5 Å². The summed E-state index contributed by atoms with van der Waals surface area (Å²) in [5.74, 6) is -0.353. The van der Waals surface area contributed by atoms with Crippen molar-refractivity contribution in [3.63, 3.8) is 0 Å². The van der Waals surface area contributed by atoms with Crippen molar-refractivity contribution in [1.82, 2.24) is 0 Å².